The number of benzene rings is 2. The summed E-state index contributed by atoms with van der Waals surface area (Å²) in [4.78, 5) is 45.8. The quantitative estimate of drug-likeness (QED) is 0.320. The molecule has 3 aliphatic heterocycles. The van der Waals surface area contributed by atoms with Crippen molar-refractivity contribution in [3.8, 4) is 0 Å². The Hall–Kier alpha value is -2.56. The highest BCUT2D eigenvalue weighted by Crippen LogP contribution is 2.68. The topological polar surface area (TPSA) is 102 Å². The SMILES string of the molecule is CC[C@@H](CO)N1C(=O)[C@@H]2[C@@H](C(=O)NCc3ccccc3)[C@@H]3SC2(CC3Br)C1C(=O)Nc1ccc(N(CC)CC)cc1. The summed E-state index contributed by atoms with van der Waals surface area (Å²) in [6, 6.07) is 16.1. The van der Waals surface area contributed by atoms with Gasteiger partial charge in [0.25, 0.3) is 0 Å². The minimum Gasteiger partial charge on any atom is -0.394 e. The molecule has 3 fully saturated rings. The van der Waals surface area contributed by atoms with Gasteiger partial charge < -0.3 is 25.5 Å². The first kappa shape index (κ1) is 29.9. The minimum absolute atomic E-state index is 0.0122. The van der Waals surface area contributed by atoms with E-state index >= 15 is 0 Å². The number of aliphatic hydroxyl groups is 1. The number of rotatable bonds is 11. The first-order valence-electron chi connectivity index (χ1n) is 14.5. The Morgan fingerprint density at radius 1 is 1.10 bits per heavy atom. The molecular formula is C31H39BrN4O4S. The van der Waals surface area contributed by atoms with Gasteiger partial charge in [-0.05, 0) is 56.5 Å². The van der Waals surface area contributed by atoms with Gasteiger partial charge in [0.2, 0.25) is 17.7 Å². The summed E-state index contributed by atoms with van der Waals surface area (Å²) in [5.74, 6) is -1.86. The van der Waals surface area contributed by atoms with Crippen LogP contribution < -0.4 is 15.5 Å². The molecule has 7 atom stereocenters. The van der Waals surface area contributed by atoms with E-state index in [2.05, 4.69) is 45.3 Å². The molecule has 2 aromatic carbocycles. The number of halogens is 1. The van der Waals surface area contributed by atoms with E-state index in [1.807, 2.05) is 61.5 Å². The molecule has 3 N–H and O–H groups in total. The van der Waals surface area contributed by atoms with Crippen LogP contribution in [0.15, 0.2) is 54.6 Å². The van der Waals surface area contributed by atoms with Gasteiger partial charge >= 0.3 is 0 Å². The Kier molecular flexibility index (Phi) is 9.01. The van der Waals surface area contributed by atoms with Crippen LogP contribution in [0.5, 0.6) is 0 Å². The monoisotopic (exact) mass is 642 g/mol. The maximum Gasteiger partial charge on any atom is 0.248 e. The van der Waals surface area contributed by atoms with Crippen LogP contribution in [0.25, 0.3) is 0 Å². The summed E-state index contributed by atoms with van der Waals surface area (Å²) >= 11 is 5.41. The van der Waals surface area contributed by atoms with Crippen LogP contribution in [-0.2, 0) is 20.9 Å². The Morgan fingerprint density at radius 3 is 2.39 bits per heavy atom. The van der Waals surface area contributed by atoms with Gasteiger partial charge in [-0.15, -0.1) is 11.8 Å². The number of likely N-dealkylation sites (tertiary alicyclic amines) is 1. The van der Waals surface area contributed by atoms with Crippen molar-refractivity contribution in [2.75, 3.05) is 29.9 Å². The van der Waals surface area contributed by atoms with E-state index in [1.165, 1.54) is 0 Å². The van der Waals surface area contributed by atoms with Crippen molar-refractivity contribution in [3.63, 3.8) is 0 Å². The molecule has 8 nitrogen and oxygen atoms in total. The van der Waals surface area contributed by atoms with Gasteiger partial charge in [0, 0.05) is 41.1 Å². The van der Waals surface area contributed by atoms with Gasteiger partial charge in [-0.3, -0.25) is 14.4 Å². The lowest BCUT2D eigenvalue weighted by Gasteiger charge is -2.37. The number of alkyl halides is 1. The van der Waals surface area contributed by atoms with Crippen molar-refractivity contribution in [2.24, 2.45) is 11.8 Å². The fourth-order valence-electron chi connectivity index (χ4n) is 6.93. The standard InChI is InChI=1S/C31H39BrN4O4S/c1-4-21(18-37)36-27(29(39)34-20-12-14-22(15-13-20)35(5-2)6-3)31-16-23(32)26(41-31)24(25(31)30(36)40)28(38)33-17-19-10-8-7-9-11-19/h7-15,21,23-27,37H,4-6,16-18H2,1-3H3,(H,33,38)(H,34,39)/t21-,23?,24+,25-,26+,27?,31?/m0/s1. The number of carbonyl (C=O) groups excluding carboxylic acids is 3. The predicted molar refractivity (Wildman–Crippen MR) is 167 cm³/mol. The molecule has 3 amide bonds. The molecule has 5 rings (SSSR count). The first-order valence-corrected chi connectivity index (χ1v) is 16.3. The zero-order valence-electron chi connectivity index (χ0n) is 23.8. The molecule has 220 valence electrons. The van der Waals surface area contributed by atoms with Gasteiger partial charge in [-0.25, -0.2) is 0 Å². The van der Waals surface area contributed by atoms with Crippen molar-refractivity contribution in [2.45, 2.75) is 67.1 Å². The Labute approximate surface area is 254 Å². The maximum absolute atomic E-state index is 14.2. The van der Waals surface area contributed by atoms with E-state index in [0.29, 0.717) is 25.1 Å². The second-order valence-electron chi connectivity index (χ2n) is 11.1. The van der Waals surface area contributed by atoms with Gasteiger partial charge in [0.15, 0.2) is 0 Å². The van der Waals surface area contributed by atoms with Crippen LogP contribution in [0.4, 0.5) is 11.4 Å². The van der Waals surface area contributed by atoms with E-state index in [1.54, 1.807) is 16.7 Å². The molecule has 1 spiro atoms. The fourth-order valence-corrected chi connectivity index (χ4v) is 10.5. The number of nitrogens with zero attached hydrogens (tertiary/aromatic N) is 2. The van der Waals surface area contributed by atoms with Crippen LogP contribution in [0.3, 0.4) is 0 Å². The summed E-state index contributed by atoms with van der Waals surface area (Å²) in [6.07, 6.45) is 1.10. The van der Waals surface area contributed by atoms with E-state index in [-0.39, 0.29) is 34.4 Å². The first-order chi connectivity index (χ1) is 19.8. The Balaban J connectivity index is 1.44. The average Bonchev–Trinajstić information content (AvgIpc) is 3.58. The van der Waals surface area contributed by atoms with Crippen molar-refractivity contribution >= 4 is 56.8 Å². The smallest absolute Gasteiger partial charge is 0.248 e. The van der Waals surface area contributed by atoms with Gasteiger partial charge in [0.1, 0.15) is 6.04 Å². The van der Waals surface area contributed by atoms with Crippen LogP contribution in [0.2, 0.25) is 0 Å². The third kappa shape index (κ3) is 5.27. The minimum atomic E-state index is -0.804. The third-order valence-electron chi connectivity index (χ3n) is 8.93. The summed E-state index contributed by atoms with van der Waals surface area (Å²) in [5.41, 5.74) is 2.71. The molecule has 0 radical (unpaired) electrons. The highest BCUT2D eigenvalue weighted by molar-refractivity contribution is 9.09. The average molecular weight is 644 g/mol. The number of hydrogen-bond donors (Lipinski definition) is 3. The van der Waals surface area contributed by atoms with Crippen LogP contribution in [0, 0.1) is 11.8 Å². The number of carbonyl (C=O) groups is 3. The molecule has 41 heavy (non-hydrogen) atoms. The molecule has 3 aliphatic rings. The van der Waals surface area contributed by atoms with Crippen molar-refractivity contribution < 1.29 is 19.5 Å². The number of anilines is 2. The lowest BCUT2D eigenvalue weighted by atomic mass is 9.70. The van der Waals surface area contributed by atoms with Crippen molar-refractivity contribution in [3.05, 3.63) is 60.2 Å². The number of hydrogen-bond acceptors (Lipinski definition) is 6. The number of amides is 3. The molecule has 3 saturated heterocycles. The molecule has 2 aromatic rings. The normalized spacial score (nSPS) is 28.9. The van der Waals surface area contributed by atoms with E-state index in [4.69, 9.17) is 0 Å². The molecule has 0 aliphatic carbocycles. The number of nitrogens with one attached hydrogen (secondary N) is 2. The van der Waals surface area contributed by atoms with Crippen LogP contribution in [-0.4, -0.2) is 74.3 Å². The second-order valence-corrected chi connectivity index (χ2v) is 13.8. The van der Waals surface area contributed by atoms with E-state index in [0.717, 1.165) is 24.3 Å². The summed E-state index contributed by atoms with van der Waals surface area (Å²) in [7, 11) is 0. The number of thioether (sulfide) groups is 1. The van der Waals surface area contributed by atoms with Gasteiger partial charge in [-0.2, -0.15) is 0 Å². The summed E-state index contributed by atoms with van der Waals surface area (Å²) in [5, 5.41) is 16.3. The van der Waals surface area contributed by atoms with Crippen LogP contribution >= 0.6 is 27.7 Å². The molecular weight excluding hydrogens is 604 g/mol. The van der Waals surface area contributed by atoms with Gasteiger partial charge in [0.05, 0.1) is 29.2 Å². The number of aliphatic hydroxyl groups excluding tert-OH is 1. The van der Waals surface area contributed by atoms with Crippen LogP contribution in [0.1, 0.15) is 39.2 Å². The molecule has 10 heteroatoms. The highest BCUT2D eigenvalue weighted by atomic mass is 79.9. The van der Waals surface area contributed by atoms with Gasteiger partial charge in [-0.1, -0.05) is 53.2 Å². The third-order valence-corrected chi connectivity index (χ3v) is 12.1. The summed E-state index contributed by atoms with van der Waals surface area (Å²) < 4.78 is -0.765. The van der Waals surface area contributed by atoms with Crippen molar-refractivity contribution in [1.82, 2.24) is 10.2 Å². The molecule has 3 heterocycles. The zero-order valence-corrected chi connectivity index (χ0v) is 26.2. The Morgan fingerprint density at radius 2 is 1.78 bits per heavy atom. The lowest BCUT2D eigenvalue weighted by Crippen LogP contribution is -2.55. The highest BCUT2D eigenvalue weighted by Gasteiger charge is 2.76. The Bertz CT molecular complexity index is 1260. The zero-order chi connectivity index (χ0) is 29.3. The lowest BCUT2D eigenvalue weighted by molar-refractivity contribution is -0.142. The second kappa shape index (κ2) is 12.4. The van der Waals surface area contributed by atoms with E-state index in [9.17, 15) is 19.5 Å². The molecule has 3 unspecified atom stereocenters. The number of fused-ring (bicyclic) bond motifs is 1. The predicted octanol–water partition coefficient (Wildman–Crippen LogP) is 4.02. The molecule has 2 bridgehead atoms. The largest absolute Gasteiger partial charge is 0.394 e. The molecule has 0 saturated carbocycles. The summed E-state index contributed by atoms with van der Waals surface area (Å²) in [6.45, 7) is 8.01. The van der Waals surface area contributed by atoms with Crippen molar-refractivity contribution in [1.29, 1.82) is 0 Å². The molecule has 0 aromatic heterocycles. The maximum atomic E-state index is 14.2. The fraction of sp³-hybridized carbons (Fsp3) is 0.516. The van der Waals surface area contributed by atoms with E-state index < -0.39 is 28.7 Å².